The number of aromatic nitrogens is 3. The molecular formula is C16H19ClN4O. The zero-order chi connectivity index (χ0) is 15.4. The second-order valence-corrected chi connectivity index (χ2v) is 6.03. The fraction of sp³-hybridized carbons (Fsp3) is 0.438. The van der Waals surface area contributed by atoms with E-state index in [1.807, 2.05) is 29.2 Å². The Morgan fingerprint density at radius 3 is 3.05 bits per heavy atom. The van der Waals surface area contributed by atoms with Crippen LogP contribution in [0.4, 0.5) is 0 Å². The largest absolute Gasteiger partial charge is 0.342 e. The van der Waals surface area contributed by atoms with Gasteiger partial charge in [0.2, 0.25) is 5.91 Å². The summed E-state index contributed by atoms with van der Waals surface area (Å²) in [4.78, 5) is 18.2. The normalized spacial score (nSPS) is 15.3. The van der Waals surface area contributed by atoms with Crippen LogP contribution in [-0.2, 0) is 17.6 Å². The van der Waals surface area contributed by atoms with Gasteiger partial charge in [-0.3, -0.25) is 9.89 Å². The number of nitrogens with zero attached hydrogens (tertiary/aromatic N) is 3. The topological polar surface area (TPSA) is 61.9 Å². The molecule has 1 aromatic carbocycles. The molecule has 0 aliphatic carbocycles. The fourth-order valence-corrected chi connectivity index (χ4v) is 2.91. The molecule has 1 fully saturated rings. The molecule has 0 radical (unpaired) electrons. The Morgan fingerprint density at radius 1 is 1.32 bits per heavy atom. The van der Waals surface area contributed by atoms with E-state index in [4.69, 9.17) is 11.6 Å². The highest BCUT2D eigenvalue weighted by atomic mass is 35.5. The molecule has 0 bridgehead atoms. The van der Waals surface area contributed by atoms with Crippen molar-refractivity contribution in [2.75, 3.05) is 13.1 Å². The number of halogens is 1. The van der Waals surface area contributed by atoms with Crippen LogP contribution in [0.1, 0.15) is 36.5 Å². The second-order valence-electron chi connectivity index (χ2n) is 5.59. The molecule has 5 nitrogen and oxygen atoms in total. The van der Waals surface area contributed by atoms with Crippen LogP contribution in [0.25, 0.3) is 0 Å². The number of amides is 1. The van der Waals surface area contributed by atoms with E-state index in [0.717, 1.165) is 41.6 Å². The summed E-state index contributed by atoms with van der Waals surface area (Å²) in [5.41, 5.74) is 1.10. The average Bonchev–Trinajstić information content (AvgIpc) is 2.94. The summed E-state index contributed by atoms with van der Waals surface area (Å²) in [6.45, 7) is 1.56. The lowest BCUT2D eigenvalue weighted by atomic mass is 10.1. The van der Waals surface area contributed by atoms with Crippen molar-refractivity contribution >= 4 is 17.5 Å². The summed E-state index contributed by atoms with van der Waals surface area (Å²) in [5.74, 6) is 1.83. The number of aromatic amines is 1. The smallest absolute Gasteiger partial charge is 0.222 e. The van der Waals surface area contributed by atoms with E-state index in [-0.39, 0.29) is 5.91 Å². The first kappa shape index (κ1) is 15.0. The number of carbonyl (C=O) groups excluding carboxylic acids is 1. The van der Waals surface area contributed by atoms with E-state index in [9.17, 15) is 4.79 Å². The monoisotopic (exact) mass is 318 g/mol. The molecule has 0 saturated carbocycles. The highest BCUT2D eigenvalue weighted by molar-refractivity contribution is 6.30. The van der Waals surface area contributed by atoms with Crippen molar-refractivity contribution in [2.45, 2.75) is 32.1 Å². The maximum absolute atomic E-state index is 11.8. The zero-order valence-electron chi connectivity index (χ0n) is 12.4. The minimum Gasteiger partial charge on any atom is -0.342 e. The second kappa shape index (κ2) is 6.92. The first-order valence-corrected chi connectivity index (χ1v) is 8.01. The molecule has 0 spiro atoms. The van der Waals surface area contributed by atoms with Gasteiger partial charge in [-0.25, -0.2) is 4.98 Å². The van der Waals surface area contributed by atoms with Crippen molar-refractivity contribution in [3.8, 4) is 0 Å². The number of piperidine rings is 1. The summed E-state index contributed by atoms with van der Waals surface area (Å²) in [7, 11) is 0. The number of H-pyrrole nitrogens is 1. The van der Waals surface area contributed by atoms with E-state index in [0.29, 0.717) is 25.8 Å². The standard InChI is InChI=1S/C16H19ClN4O/c17-13-5-3-4-12(10-13)11-15-18-14(19-20-15)7-9-21-8-2-1-6-16(21)22/h3-5,10H,1-2,6-9,11H2,(H,18,19,20). The van der Waals surface area contributed by atoms with Gasteiger partial charge in [-0.15, -0.1) is 0 Å². The molecule has 6 heteroatoms. The number of nitrogens with one attached hydrogen (secondary N) is 1. The van der Waals surface area contributed by atoms with Gasteiger partial charge in [0.1, 0.15) is 5.82 Å². The molecule has 1 aliphatic heterocycles. The number of benzene rings is 1. The van der Waals surface area contributed by atoms with Crippen molar-refractivity contribution in [1.82, 2.24) is 20.1 Å². The first-order chi connectivity index (χ1) is 10.7. The zero-order valence-corrected chi connectivity index (χ0v) is 13.1. The number of hydrogen-bond acceptors (Lipinski definition) is 3. The predicted octanol–water partition coefficient (Wildman–Crippen LogP) is 2.60. The Kier molecular flexibility index (Phi) is 4.73. The summed E-state index contributed by atoms with van der Waals surface area (Å²) in [6, 6.07) is 7.72. The molecule has 116 valence electrons. The molecule has 0 atom stereocenters. The molecule has 1 aromatic heterocycles. The number of carbonyl (C=O) groups is 1. The third-order valence-corrected chi connectivity index (χ3v) is 4.10. The van der Waals surface area contributed by atoms with Crippen molar-refractivity contribution in [1.29, 1.82) is 0 Å². The Bertz CT molecular complexity index is 655. The lowest BCUT2D eigenvalue weighted by Crippen LogP contribution is -2.36. The first-order valence-electron chi connectivity index (χ1n) is 7.63. The van der Waals surface area contributed by atoms with Gasteiger partial charge in [-0.05, 0) is 30.5 Å². The Labute approximate surface area is 134 Å². The maximum atomic E-state index is 11.8. The Balaban J connectivity index is 1.56. The van der Waals surface area contributed by atoms with Gasteiger partial charge in [0.15, 0.2) is 5.82 Å². The molecule has 2 heterocycles. The number of likely N-dealkylation sites (tertiary alicyclic amines) is 1. The van der Waals surface area contributed by atoms with Crippen LogP contribution in [0.5, 0.6) is 0 Å². The third kappa shape index (κ3) is 3.85. The third-order valence-electron chi connectivity index (χ3n) is 3.87. The molecule has 2 aromatic rings. The quantitative estimate of drug-likeness (QED) is 0.921. The predicted molar refractivity (Wildman–Crippen MR) is 84.8 cm³/mol. The van der Waals surface area contributed by atoms with Crippen LogP contribution < -0.4 is 0 Å². The van der Waals surface area contributed by atoms with E-state index < -0.39 is 0 Å². The molecular weight excluding hydrogens is 300 g/mol. The van der Waals surface area contributed by atoms with E-state index in [1.54, 1.807) is 0 Å². The Morgan fingerprint density at radius 2 is 2.23 bits per heavy atom. The van der Waals surface area contributed by atoms with Crippen LogP contribution >= 0.6 is 11.6 Å². The van der Waals surface area contributed by atoms with Gasteiger partial charge in [0.25, 0.3) is 0 Å². The van der Waals surface area contributed by atoms with E-state index in [1.165, 1.54) is 0 Å². The van der Waals surface area contributed by atoms with E-state index >= 15 is 0 Å². The molecule has 1 aliphatic rings. The molecule has 22 heavy (non-hydrogen) atoms. The SMILES string of the molecule is O=C1CCCCN1CCc1n[nH]c(Cc2cccc(Cl)c2)n1. The number of hydrogen-bond donors (Lipinski definition) is 1. The minimum atomic E-state index is 0.251. The lowest BCUT2D eigenvalue weighted by molar-refractivity contribution is -0.133. The van der Waals surface area contributed by atoms with Gasteiger partial charge in [-0.1, -0.05) is 23.7 Å². The van der Waals surface area contributed by atoms with Gasteiger partial charge in [-0.2, -0.15) is 5.10 Å². The maximum Gasteiger partial charge on any atom is 0.222 e. The van der Waals surface area contributed by atoms with Gasteiger partial charge >= 0.3 is 0 Å². The fourth-order valence-electron chi connectivity index (χ4n) is 2.70. The highest BCUT2D eigenvalue weighted by Crippen LogP contribution is 2.14. The van der Waals surface area contributed by atoms with Crippen LogP contribution in [0.2, 0.25) is 5.02 Å². The Hall–Kier alpha value is -1.88. The summed E-state index contributed by atoms with van der Waals surface area (Å²) in [6.07, 6.45) is 4.15. The van der Waals surface area contributed by atoms with Crippen LogP contribution in [0, 0.1) is 0 Å². The van der Waals surface area contributed by atoms with Gasteiger partial charge in [0, 0.05) is 37.4 Å². The van der Waals surface area contributed by atoms with Crippen LogP contribution in [-0.4, -0.2) is 39.1 Å². The highest BCUT2D eigenvalue weighted by Gasteiger charge is 2.18. The van der Waals surface area contributed by atoms with Crippen LogP contribution in [0.3, 0.4) is 0 Å². The molecule has 1 N–H and O–H groups in total. The van der Waals surface area contributed by atoms with Crippen LogP contribution in [0.15, 0.2) is 24.3 Å². The van der Waals surface area contributed by atoms with Crippen molar-refractivity contribution in [2.24, 2.45) is 0 Å². The van der Waals surface area contributed by atoms with Gasteiger partial charge < -0.3 is 4.90 Å². The van der Waals surface area contributed by atoms with Gasteiger partial charge in [0.05, 0.1) is 0 Å². The molecule has 1 amide bonds. The van der Waals surface area contributed by atoms with Crippen molar-refractivity contribution in [3.63, 3.8) is 0 Å². The van der Waals surface area contributed by atoms with Crippen molar-refractivity contribution in [3.05, 3.63) is 46.5 Å². The lowest BCUT2D eigenvalue weighted by Gasteiger charge is -2.26. The summed E-state index contributed by atoms with van der Waals surface area (Å²) >= 11 is 5.98. The summed E-state index contributed by atoms with van der Waals surface area (Å²) in [5, 5.41) is 7.93. The average molecular weight is 319 g/mol. The molecule has 3 rings (SSSR count). The number of rotatable bonds is 5. The molecule has 1 saturated heterocycles. The van der Waals surface area contributed by atoms with Crippen molar-refractivity contribution < 1.29 is 4.79 Å². The molecule has 0 unspecified atom stereocenters. The minimum absolute atomic E-state index is 0.251. The van der Waals surface area contributed by atoms with E-state index in [2.05, 4.69) is 15.2 Å². The summed E-state index contributed by atoms with van der Waals surface area (Å²) < 4.78 is 0.